The summed E-state index contributed by atoms with van der Waals surface area (Å²) < 4.78 is 10.8. The molecule has 7 nitrogen and oxygen atoms in total. The van der Waals surface area contributed by atoms with E-state index in [1.807, 2.05) is 39.8 Å². The molecule has 0 aromatic heterocycles. The van der Waals surface area contributed by atoms with Gasteiger partial charge >= 0.3 is 5.97 Å². The number of carbonyl (C=O) groups is 3. The van der Waals surface area contributed by atoms with Crippen LogP contribution in [0.3, 0.4) is 0 Å². The Bertz CT molecular complexity index is 968. The number of anilines is 2. The van der Waals surface area contributed by atoms with Crippen LogP contribution < -0.4 is 15.0 Å². The molecule has 3 rings (SSSR count). The van der Waals surface area contributed by atoms with Crippen LogP contribution in [0.25, 0.3) is 0 Å². The Morgan fingerprint density at radius 1 is 1.13 bits per heavy atom. The summed E-state index contributed by atoms with van der Waals surface area (Å²) in [6.45, 7) is 7.58. The molecule has 1 aliphatic heterocycles. The first-order chi connectivity index (χ1) is 14.7. The molecule has 1 heterocycles. The molecular formula is C24H28N2O5. The minimum absolute atomic E-state index is 0.0572. The van der Waals surface area contributed by atoms with Crippen molar-refractivity contribution in [2.75, 3.05) is 23.4 Å². The Hall–Kier alpha value is -3.35. The number of amides is 2. The van der Waals surface area contributed by atoms with Gasteiger partial charge in [-0.15, -0.1) is 0 Å². The van der Waals surface area contributed by atoms with E-state index in [9.17, 15) is 14.4 Å². The molecule has 7 heteroatoms. The normalized spacial score (nSPS) is 15.8. The van der Waals surface area contributed by atoms with Crippen molar-refractivity contribution in [2.45, 2.75) is 40.2 Å². The van der Waals surface area contributed by atoms with E-state index in [-0.39, 0.29) is 25.0 Å². The van der Waals surface area contributed by atoms with Gasteiger partial charge in [-0.05, 0) is 69.2 Å². The molecule has 2 amide bonds. The second-order valence-corrected chi connectivity index (χ2v) is 7.97. The summed E-state index contributed by atoms with van der Waals surface area (Å²) in [5.41, 5.74) is 3.41. The summed E-state index contributed by atoms with van der Waals surface area (Å²) in [7, 11) is 0. The maximum Gasteiger partial charge on any atom is 0.311 e. The average Bonchev–Trinajstić information content (AvgIpc) is 3.11. The summed E-state index contributed by atoms with van der Waals surface area (Å²) in [4.78, 5) is 38.6. The molecule has 0 saturated carbocycles. The third kappa shape index (κ3) is 5.63. The molecule has 1 aliphatic rings. The Morgan fingerprint density at radius 3 is 2.52 bits per heavy atom. The summed E-state index contributed by atoms with van der Waals surface area (Å²) in [5, 5.41) is 2.75. The lowest BCUT2D eigenvalue weighted by Crippen LogP contribution is -2.28. The Kier molecular flexibility index (Phi) is 6.95. The van der Waals surface area contributed by atoms with Gasteiger partial charge in [0.15, 0.2) is 6.61 Å². The van der Waals surface area contributed by atoms with Crippen LogP contribution in [0.15, 0.2) is 42.5 Å². The van der Waals surface area contributed by atoms with E-state index in [4.69, 9.17) is 9.47 Å². The molecule has 31 heavy (non-hydrogen) atoms. The van der Waals surface area contributed by atoms with Crippen molar-refractivity contribution in [1.29, 1.82) is 0 Å². The van der Waals surface area contributed by atoms with E-state index in [2.05, 4.69) is 5.32 Å². The zero-order valence-corrected chi connectivity index (χ0v) is 18.3. The summed E-state index contributed by atoms with van der Waals surface area (Å²) >= 11 is 0. The molecule has 0 radical (unpaired) electrons. The topological polar surface area (TPSA) is 84.9 Å². The average molecular weight is 424 g/mol. The highest BCUT2D eigenvalue weighted by Gasteiger charge is 2.36. The fourth-order valence-electron chi connectivity index (χ4n) is 3.42. The van der Waals surface area contributed by atoms with Crippen LogP contribution in [-0.2, 0) is 19.1 Å². The number of hydrogen-bond acceptors (Lipinski definition) is 5. The van der Waals surface area contributed by atoms with E-state index in [1.165, 1.54) is 0 Å². The first-order valence-corrected chi connectivity index (χ1v) is 10.3. The number of rotatable bonds is 7. The summed E-state index contributed by atoms with van der Waals surface area (Å²) in [6, 6.07) is 12.8. The molecule has 1 fully saturated rings. The van der Waals surface area contributed by atoms with Gasteiger partial charge < -0.3 is 19.7 Å². The predicted octanol–water partition coefficient (Wildman–Crippen LogP) is 3.63. The monoisotopic (exact) mass is 424 g/mol. The van der Waals surface area contributed by atoms with Crippen molar-refractivity contribution in [3.63, 3.8) is 0 Å². The van der Waals surface area contributed by atoms with Gasteiger partial charge in [0.05, 0.1) is 12.0 Å². The largest absolute Gasteiger partial charge is 0.491 e. The SMILES string of the molecule is Cc1cccc(NC(=O)COC(=O)[C@@H]2CC(=O)N(c3ccc(OC(C)C)cc3)C2)c1C. The van der Waals surface area contributed by atoms with Gasteiger partial charge in [0.2, 0.25) is 5.91 Å². The van der Waals surface area contributed by atoms with Gasteiger partial charge in [0, 0.05) is 24.3 Å². The zero-order chi connectivity index (χ0) is 22.5. The third-order valence-corrected chi connectivity index (χ3v) is 5.20. The number of aryl methyl sites for hydroxylation is 1. The molecule has 1 atom stereocenters. The van der Waals surface area contributed by atoms with Gasteiger partial charge in [-0.25, -0.2) is 0 Å². The second kappa shape index (κ2) is 9.64. The summed E-state index contributed by atoms with van der Waals surface area (Å²) in [6.07, 6.45) is 0.118. The van der Waals surface area contributed by atoms with E-state index in [0.717, 1.165) is 16.9 Å². The molecule has 0 aliphatic carbocycles. The van der Waals surface area contributed by atoms with Crippen LogP contribution in [0.2, 0.25) is 0 Å². The van der Waals surface area contributed by atoms with Crippen LogP contribution in [-0.4, -0.2) is 37.0 Å². The Morgan fingerprint density at radius 2 is 1.84 bits per heavy atom. The summed E-state index contributed by atoms with van der Waals surface area (Å²) in [5.74, 6) is -1.00. The molecule has 2 aromatic rings. The first kappa shape index (κ1) is 22.3. The molecule has 0 bridgehead atoms. The highest BCUT2D eigenvalue weighted by molar-refractivity contribution is 6.00. The lowest BCUT2D eigenvalue weighted by Gasteiger charge is -2.17. The maximum atomic E-state index is 12.4. The van der Waals surface area contributed by atoms with E-state index in [0.29, 0.717) is 11.4 Å². The zero-order valence-electron chi connectivity index (χ0n) is 18.3. The third-order valence-electron chi connectivity index (χ3n) is 5.20. The van der Waals surface area contributed by atoms with E-state index in [1.54, 1.807) is 35.2 Å². The number of nitrogens with one attached hydrogen (secondary N) is 1. The molecule has 0 spiro atoms. The van der Waals surface area contributed by atoms with E-state index < -0.39 is 24.4 Å². The number of ether oxygens (including phenoxy) is 2. The van der Waals surface area contributed by atoms with Crippen molar-refractivity contribution in [2.24, 2.45) is 5.92 Å². The smallest absolute Gasteiger partial charge is 0.311 e. The standard InChI is InChI=1S/C24H28N2O5/c1-15(2)31-20-10-8-19(9-11-20)26-13-18(12-23(26)28)24(29)30-14-22(27)25-21-7-5-6-16(3)17(21)4/h5-11,15,18H,12-14H2,1-4H3,(H,25,27)/t18-/m1/s1. The number of benzene rings is 2. The number of carbonyl (C=O) groups excluding carboxylic acids is 3. The van der Waals surface area contributed by atoms with Gasteiger partial charge in [-0.3, -0.25) is 14.4 Å². The van der Waals surface area contributed by atoms with Gasteiger partial charge in [0.1, 0.15) is 5.75 Å². The van der Waals surface area contributed by atoms with Crippen LogP contribution in [0.5, 0.6) is 5.75 Å². The highest BCUT2D eigenvalue weighted by atomic mass is 16.5. The molecule has 2 aromatic carbocycles. The van der Waals surface area contributed by atoms with Gasteiger partial charge in [0.25, 0.3) is 5.91 Å². The maximum absolute atomic E-state index is 12.4. The van der Waals surface area contributed by atoms with Crippen molar-refractivity contribution in [3.8, 4) is 5.75 Å². The molecule has 0 unspecified atom stereocenters. The highest BCUT2D eigenvalue weighted by Crippen LogP contribution is 2.28. The van der Waals surface area contributed by atoms with Crippen molar-refractivity contribution >= 4 is 29.2 Å². The Balaban J connectivity index is 1.53. The van der Waals surface area contributed by atoms with Crippen LogP contribution in [0.4, 0.5) is 11.4 Å². The molecule has 1 N–H and O–H groups in total. The lowest BCUT2D eigenvalue weighted by atomic mass is 10.1. The van der Waals surface area contributed by atoms with Crippen LogP contribution in [0, 0.1) is 19.8 Å². The van der Waals surface area contributed by atoms with Crippen LogP contribution >= 0.6 is 0 Å². The number of hydrogen-bond donors (Lipinski definition) is 1. The Labute approximate surface area is 182 Å². The quantitative estimate of drug-likeness (QED) is 0.686. The van der Waals surface area contributed by atoms with Gasteiger partial charge in [-0.2, -0.15) is 0 Å². The fourth-order valence-corrected chi connectivity index (χ4v) is 3.42. The van der Waals surface area contributed by atoms with Crippen molar-refractivity contribution in [1.82, 2.24) is 0 Å². The molecule has 1 saturated heterocycles. The van der Waals surface area contributed by atoms with Crippen molar-refractivity contribution < 1.29 is 23.9 Å². The molecular weight excluding hydrogens is 396 g/mol. The molecule has 164 valence electrons. The fraction of sp³-hybridized carbons (Fsp3) is 0.375. The van der Waals surface area contributed by atoms with Gasteiger partial charge in [-0.1, -0.05) is 12.1 Å². The minimum atomic E-state index is -0.604. The first-order valence-electron chi connectivity index (χ1n) is 10.3. The van der Waals surface area contributed by atoms with Crippen LogP contribution in [0.1, 0.15) is 31.4 Å². The second-order valence-electron chi connectivity index (χ2n) is 7.97. The lowest BCUT2D eigenvalue weighted by molar-refractivity contribution is -0.151. The minimum Gasteiger partial charge on any atom is -0.491 e. The van der Waals surface area contributed by atoms with E-state index >= 15 is 0 Å². The van der Waals surface area contributed by atoms with Crippen molar-refractivity contribution in [3.05, 3.63) is 53.6 Å². The number of nitrogens with zero attached hydrogens (tertiary/aromatic N) is 1. The number of esters is 1. The predicted molar refractivity (Wildman–Crippen MR) is 118 cm³/mol.